The average molecular weight is 203 g/mol. The standard InChI is InChI=1S/C10H21NO3/c1-4-9(7-12)11-10(13)6-5-8(2)14-3/h8-9,12H,4-7H2,1-3H3,(H,11,13)/t8?,9-/m0/s1. The molecule has 0 bridgehead atoms. The van der Waals surface area contributed by atoms with Gasteiger partial charge in [0.05, 0.1) is 18.8 Å². The third kappa shape index (κ3) is 5.94. The Balaban J connectivity index is 3.64. The normalized spacial score (nSPS) is 14.9. The van der Waals surface area contributed by atoms with Crippen LogP contribution in [0.4, 0.5) is 0 Å². The summed E-state index contributed by atoms with van der Waals surface area (Å²) in [5.41, 5.74) is 0. The first-order valence-electron chi connectivity index (χ1n) is 5.07. The minimum absolute atomic E-state index is 0.00205. The lowest BCUT2D eigenvalue weighted by molar-refractivity contribution is -0.122. The number of nitrogens with one attached hydrogen (secondary N) is 1. The predicted octanol–water partition coefficient (Wildman–Crippen LogP) is 0.689. The average Bonchev–Trinajstić information content (AvgIpc) is 2.22. The van der Waals surface area contributed by atoms with Gasteiger partial charge in [-0.2, -0.15) is 0 Å². The summed E-state index contributed by atoms with van der Waals surface area (Å²) in [4.78, 5) is 11.3. The molecule has 4 nitrogen and oxygen atoms in total. The smallest absolute Gasteiger partial charge is 0.220 e. The number of ether oxygens (including phenoxy) is 1. The second-order valence-electron chi connectivity index (χ2n) is 3.44. The summed E-state index contributed by atoms with van der Waals surface area (Å²) in [5, 5.41) is 11.6. The Kier molecular flexibility index (Phi) is 7.42. The van der Waals surface area contributed by atoms with Crippen LogP contribution >= 0.6 is 0 Å². The predicted molar refractivity (Wildman–Crippen MR) is 55.0 cm³/mol. The minimum atomic E-state index is -0.111. The van der Waals surface area contributed by atoms with Crippen LogP contribution in [0.5, 0.6) is 0 Å². The lowest BCUT2D eigenvalue weighted by atomic mass is 10.2. The number of hydrogen-bond donors (Lipinski definition) is 2. The summed E-state index contributed by atoms with van der Waals surface area (Å²) in [6, 6.07) is -0.111. The van der Waals surface area contributed by atoms with Gasteiger partial charge in [-0.15, -0.1) is 0 Å². The lowest BCUT2D eigenvalue weighted by Gasteiger charge is -2.14. The SMILES string of the molecule is CC[C@@H](CO)NC(=O)CCC(C)OC. The Morgan fingerprint density at radius 1 is 1.57 bits per heavy atom. The van der Waals surface area contributed by atoms with E-state index in [4.69, 9.17) is 9.84 Å². The van der Waals surface area contributed by atoms with E-state index >= 15 is 0 Å². The Hall–Kier alpha value is -0.610. The van der Waals surface area contributed by atoms with E-state index in [2.05, 4.69) is 5.32 Å². The molecule has 0 fully saturated rings. The fraction of sp³-hybridized carbons (Fsp3) is 0.900. The van der Waals surface area contributed by atoms with Crippen molar-refractivity contribution in [2.75, 3.05) is 13.7 Å². The van der Waals surface area contributed by atoms with Gasteiger partial charge in [0.15, 0.2) is 0 Å². The van der Waals surface area contributed by atoms with Crippen molar-refractivity contribution >= 4 is 5.91 Å². The van der Waals surface area contributed by atoms with Gasteiger partial charge in [0.25, 0.3) is 0 Å². The molecule has 0 aliphatic heterocycles. The molecule has 4 heteroatoms. The van der Waals surface area contributed by atoms with Crippen LogP contribution in [0.1, 0.15) is 33.1 Å². The lowest BCUT2D eigenvalue weighted by Crippen LogP contribution is -2.37. The van der Waals surface area contributed by atoms with Gasteiger partial charge in [-0.25, -0.2) is 0 Å². The highest BCUT2D eigenvalue weighted by Crippen LogP contribution is 2.00. The Labute approximate surface area is 85.6 Å². The molecule has 1 unspecified atom stereocenters. The van der Waals surface area contributed by atoms with Crippen LogP contribution in [0.15, 0.2) is 0 Å². The molecule has 0 heterocycles. The quantitative estimate of drug-likeness (QED) is 0.640. The van der Waals surface area contributed by atoms with Gasteiger partial charge in [-0.3, -0.25) is 4.79 Å². The summed E-state index contributed by atoms with van der Waals surface area (Å²) in [6.45, 7) is 3.86. The van der Waals surface area contributed by atoms with Crippen molar-refractivity contribution in [2.45, 2.75) is 45.3 Å². The van der Waals surface area contributed by atoms with Crippen LogP contribution < -0.4 is 5.32 Å². The number of rotatable bonds is 7. The Morgan fingerprint density at radius 3 is 2.64 bits per heavy atom. The number of hydrogen-bond acceptors (Lipinski definition) is 3. The van der Waals surface area contributed by atoms with Crippen molar-refractivity contribution < 1.29 is 14.6 Å². The molecule has 14 heavy (non-hydrogen) atoms. The molecule has 0 aromatic carbocycles. The number of methoxy groups -OCH3 is 1. The van der Waals surface area contributed by atoms with Crippen LogP contribution in [0.2, 0.25) is 0 Å². The van der Waals surface area contributed by atoms with Crippen molar-refractivity contribution in [1.29, 1.82) is 0 Å². The Morgan fingerprint density at radius 2 is 2.21 bits per heavy atom. The zero-order valence-corrected chi connectivity index (χ0v) is 9.25. The van der Waals surface area contributed by atoms with Crippen molar-refractivity contribution in [3.05, 3.63) is 0 Å². The van der Waals surface area contributed by atoms with Gasteiger partial charge in [0.1, 0.15) is 0 Å². The molecule has 0 aliphatic rings. The maximum absolute atomic E-state index is 11.3. The number of aliphatic hydroxyl groups is 1. The minimum Gasteiger partial charge on any atom is -0.394 e. The first-order chi connectivity index (χ1) is 6.63. The van der Waals surface area contributed by atoms with Gasteiger partial charge < -0.3 is 15.2 Å². The highest BCUT2D eigenvalue weighted by Gasteiger charge is 2.10. The van der Waals surface area contributed by atoms with Crippen LogP contribution in [-0.4, -0.2) is 36.9 Å². The third-order valence-electron chi connectivity index (χ3n) is 2.26. The molecule has 2 N–H and O–H groups in total. The molecular weight excluding hydrogens is 182 g/mol. The first-order valence-corrected chi connectivity index (χ1v) is 5.07. The summed E-state index contributed by atoms with van der Waals surface area (Å²) in [5.74, 6) is -0.0187. The van der Waals surface area contributed by atoms with Crippen LogP contribution in [-0.2, 0) is 9.53 Å². The zero-order chi connectivity index (χ0) is 11.0. The third-order valence-corrected chi connectivity index (χ3v) is 2.26. The molecule has 2 atom stereocenters. The van der Waals surface area contributed by atoms with Gasteiger partial charge >= 0.3 is 0 Å². The fourth-order valence-electron chi connectivity index (χ4n) is 1.03. The maximum atomic E-state index is 11.3. The highest BCUT2D eigenvalue weighted by molar-refractivity contribution is 5.76. The summed E-state index contributed by atoms with van der Waals surface area (Å²) in [7, 11) is 1.63. The monoisotopic (exact) mass is 203 g/mol. The number of carbonyl (C=O) groups excluding carboxylic acids is 1. The van der Waals surface area contributed by atoms with E-state index in [0.717, 1.165) is 6.42 Å². The molecule has 84 valence electrons. The van der Waals surface area contributed by atoms with Crippen molar-refractivity contribution in [3.63, 3.8) is 0 Å². The molecule has 1 amide bonds. The van der Waals surface area contributed by atoms with Crippen molar-refractivity contribution in [1.82, 2.24) is 5.32 Å². The van der Waals surface area contributed by atoms with E-state index in [9.17, 15) is 4.79 Å². The molecule has 0 saturated carbocycles. The second kappa shape index (κ2) is 7.76. The molecule has 0 aromatic heterocycles. The van der Waals surface area contributed by atoms with E-state index in [1.807, 2.05) is 13.8 Å². The van der Waals surface area contributed by atoms with Crippen molar-refractivity contribution in [2.24, 2.45) is 0 Å². The molecule has 0 aromatic rings. The number of aliphatic hydroxyl groups excluding tert-OH is 1. The van der Waals surface area contributed by atoms with E-state index < -0.39 is 0 Å². The number of carbonyl (C=O) groups is 1. The molecular formula is C10H21NO3. The molecule has 0 aliphatic carbocycles. The van der Waals surface area contributed by atoms with Gasteiger partial charge in [-0.05, 0) is 19.8 Å². The first kappa shape index (κ1) is 13.4. The highest BCUT2D eigenvalue weighted by atomic mass is 16.5. The molecule has 0 rings (SSSR count). The topological polar surface area (TPSA) is 58.6 Å². The van der Waals surface area contributed by atoms with E-state index in [1.165, 1.54) is 0 Å². The van der Waals surface area contributed by atoms with Crippen LogP contribution in [0.25, 0.3) is 0 Å². The molecule has 0 radical (unpaired) electrons. The summed E-state index contributed by atoms with van der Waals surface area (Å²) < 4.78 is 5.03. The van der Waals surface area contributed by atoms with Gasteiger partial charge in [0, 0.05) is 13.5 Å². The van der Waals surface area contributed by atoms with Crippen molar-refractivity contribution in [3.8, 4) is 0 Å². The Bertz CT molecular complexity index is 157. The fourth-order valence-corrected chi connectivity index (χ4v) is 1.03. The summed E-state index contributed by atoms with van der Waals surface area (Å²) in [6.07, 6.45) is 2.02. The van der Waals surface area contributed by atoms with E-state index in [0.29, 0.717) is 12.8 Å². The molecule has 0 saturated heterocycles. The van der Waals surface area contributed by atoms with Crippen LogP contribution in [0, 0.1) is 0 Å². The van der Waals surface area contributed by atoms with Gasteiger partial charge in [-0.1, -0.05) is 6.92 Å². The van der Waals surface area contributed by atoms with Crippen LogP contribution in [0.3, 0.4) is 0 Å². The maximum Gasteiger partial charge on any atom is 0.220 e. The van der Waals surface area contributed by atoms with E-state index in [-0.39, 0.29) is 24.7 Å². The van der Waals surface area contributed by atoms with Gasteiger partial charge in [0.2, 0.25) is 5.91 Å². The largest absolute Gasteiger partial charge is 0.394 e. The van der Waals surface area contributed by atoms with E-state index in [1.54, 1.807) is 7.11 Å². The summed E-state index contributed by atoms with van der Waals surface area (Å²) >= 11 is 0. The zero-order valence-electron chi connectivity index (χ0n) is 9.25. The number of amides is 1. The second-order valence-corrected chi connectivity index (χ2v) is 3.44. The molecule has 0 spiro atoms.